The Kier molecular flexibility index (Phi) is 4.02. The summed E-state index contributed by atoms with van der Waals surface area (Å²) in [6, 6.07) is 5.49. The van der Waals surface area contributed by atoms with Gasteiger partial charge in [0, 0.05) is 12.0 Å². The van der Waals surface area contributed by atoms with Crippen LogP contribution in [0.2, 0.25) is 0 Å². The van der Waals surface area contributed by atoms with Gasteiger partial charge >= 0.3 is 0 Å². The predicted molar refractivity (Wildman–Crippen MR) is 81.9 cm³/mol. The predicted octanol–water partition coefficient (Wildman–Crippen LogP) is 1.62. The van der Waals surface area contributed by atoms with Gasteiger partial charge in [0.2, 0.25) is 0 Å². The van der Waals surface area contributed by atoms with Crippen molar-refractivity contribution < 1.29 is 14.8 Å². The zero-order valence-electron chi connectivity index (χ0n) is 12.8. The average molecular weight is 302 g/mol. The minimum absolute atomic E-state index is 0.0194. The van der Waals surface area contributed by atoms with Gasteiger partial charge in [0.15, 0.2) is 0 Å². The fourth-order valence-corrected chi connectivity index (χ4v) is 4.04. The lowest BCUT2D eigenvalue weighted by Gasteiger charge is -2.39. The first kappa shape index (κ1) is 15.2. The number of hydrogen-bond donors (Lipinski definition) is 3. The van der Waals surface area contributed by atoms with E-state index < -0.39 is 5.91 Å². The van der Waals surface area contributed by atoms with Crippen LogP contribution in [0.4, 0.5) is 0 Å². The van der Waals surface area contributed by atoms with Crippen molar-refractivity contribution >= 4 is 11.7 Å². The number of benzene rings is 1. The normalized spacial score (nSPS) is 26.7. The van der Waals surface area contributed by atoms with E-state index in [1.54, 1.807) is 11.5 Å². The van der Waals surface area contributed by atoms with E-state index in [0.29, 0.717) is 12.0 Å². The summed E-state index contributed by atoms with van der Waals surface area (Å²) in [5, 5.41) is 12.2. The van der Waals surface area contributed by atoms with Crippen LogP contribution in [0.3, 0.4) is 0 Å². The van der Waals surface area contributed by atoms with Crippen LogP contribution in [0.25, 0.3) is 0 Å². The molecule has 1 unspecified atom stereocenters. The molecule has 3 N–H and O–H groups in total. The standard InChI is InChI=1S/C17H22N2O3/c1-2-14(20)15-17(7-8-18-15)6-5-11-3-4-12(16(21)19-22)9-13(11)10-17/h3-4,9,15,18,22H,2,5-8,10H2,1H3,(H,19,21)/t15-,17?/m1/s1. The fourth-order valence-electron chi connectivity index (χ4n) is 4.04. The lowest BCUT2D eigenvalue weighted by Crippen LogP contribution is -2.46. The summed E-state index contributed by atoms with van der Waals surface area (Å²) in [4.78, 5) is 23.9. The molecule has 5 heteroatoms. The number of aryl methyl sites for hydroxylation is 1. The number of amides is 1. The van der Waals surface area contributed by atoms with Crippen molar-refractivity contribution in [2.45, 2.75) is 45.1 Å². The molecule has 1 heterocycles. The van der Waals surface area contributed by atoms with Crippen LogP contribution in [0.1, 0.15) is 47.7 Å². The molecule has 1 spiro atoms. The van der Waals surface area contributed by atoms with E-state index in [1.165, 1.54) is 5.56 Å². The van der Waals surface area contributed by atoms with Gasteiger partial charge in [0.25, 0.3) is 5.91 Å². The van der Waals surface area contributed by atoms with Crippen LogP contribution in [-0.2, 0) is 17.6 Å². The number of carbonyl (C=O) groups is 2. The van der Waals surface area contributed by atoms with E-state index in [1.807, 2.05) is 19.1 Å². The highest BCUT2D eigenvalue weighted by Gasteiger charge is 2.47. The Morgan fingerprint density at radius 3 is 2.91 bits per heavy atom. The highest BCUT2D eigenvalue weighted by molar-refractivity contribution is 5.93. The molecule has 3 rings (SSSR count). The van der Waals surface area contributed by atoms with Gasteiger partial charge < -0.3 is 5.32 Å². The van der Waals surface area contributed by atoms with E-state index in [0.717, 1.165) is 37.8 Å². The van der Waals surface area contributed by atoms with E-state index in [4.69, 9.17) is 5.21 Å². The molecule has 5 nitrogen and oxygen atoms in total. The molecule has 2 aliphatic rings. The van der Waals surface area contributed by atoms with Gasteiger partial charge in [-0.15, -0.1) is 0 Å². The summed E-state index contributed by atoms with van der Waals surface area (Å²) in [7, 11) is 0. The molecule has 1 amide bonds. The molecule has 1 aromatic carbocycles. The number of rotatable bonds is 3. The third-order valence-electron chi connectivity index (χ3n) is 5.26. The molecule has 1 aliphatic heterocycles. The number of Topliss-reactive ketones (excluding diaryl/α,β-unsaturated/α-hetero) is 1. The van der Waals surface area contributed by atoms with Gasteiger partial charge in [0.05, 0.1) is 6.04 Å². The molecule has 0 radical (unpaired) electrons. The maximum atomic E-state index is 12.3. The summed E-state index contributed by atoms with van der Waals surface area (Å²) in [6.45, 7) is 2.79. The first-order valence-electron chi connectivity index (χ1n) is 7.92. The zero-order chi connectivity index (χ0) is 15.7. The Bertz CT molecular complexity index is 614. The quantitative estimate of drug-likeness (QED) is 0.586. The van der Waals surface area contributed by atoms with Crippen LogP contribution in [0.5, 0.6) is 0 Å². The van der Waals surface area contributed by atoms with E-state index in [2.05, 4.69) is 5.32 Å². The summed E-state index contributed by atoms with van der Waals surface area (Å²) >= 11 is 0. The second kappa shape index (κ2) is 5.82. The zero-order valence-corrected chi connectivity index (χ0v) is 12.8. The first-order chi connectivity index (χ1) is 10.6. The van der Waals surface area contributed by atoms with Gasteiger partial charge in [-0.3, -0.25) is 14.8 Å². The molecule has 0 bridgehead atoms. The summed E-state index contributed by atoms with van der Waals surface area (Å²) in [6.07, 6.45) is 4.32. The summed E-state index contributed by atoms with van der Waals surface area (Å²) in [5.41, 5.74) is 4.50. The fraction of sp³-hybridized carbons (Fsp3) is 0.529. The Morgan fingerprint density at radius 1 is 1.36 bits per heavy atom. The van der Waals surface area contributed by atoms with Gasteiger partial charge in [-0.2, -0.15) is 0 Å². The topological polar surface area (TPSA) is 78.4 Å². The van der Waals surface area contributed by atoms with Gasteiger partial charge in [-0.05, 0) is 60.9 Å². The van der Waals surface area contributed by atoms with Crippen molar-refractivity contribution in [3.63, 3.8) is 0 Å². The smallest absolute Gasteiger partial charge is 0.274 e. The Hall–Kier alpha value is -1.72. The molecule has 1 fully saturated rings. The van der Waals surface area contributed by atoms with Crippen molar-refractivity contribution in [2.24, 2.45) is 5.41 Å². The number of nitrogens with one attached hydrogen (secondary N) is 2. The monoisotopic (exact) mass is 302 g/mol. The molecule has 1 saturated heterocycles. The van der Waals surface area contributed by atoms with Crippen molar-refractivity contribution in [3.05, 3.63) is 34.9 Å². The van der Waals surface area contributed by atoms with Crippen molar-refractivity contribution in [1.82, 2.24) is 10.8 Å². The lowest BCUT2D eigenvalue weighted by atomic mass is 9.66. The van der Waals surface area contributed by atoms with Crippen LogP contribution >= 0.6 is 0 Å². The van der Waals surface area contributed by atoms with Crippen LogP contribution < -0.4 is 10.8 Å². The van der Waals surface area contributed by atoms with Crippen LogP contribution in [0.15, 0.2) is 18.2 Å². The molecule has 1 aliphatic carbocycles. The van der Waals surface area contributed by atoms with Crippen molar-refractivity contribution in [3.8, 4) is 0 Å². The maximum Gasteiger partial charge on any atom is 0.274 e. The second-order valence-corrected chi connectivity index (χ2v) is 6.42. The third-order valence-corrected chi connectivity index (χ3v) is 5.26. The number of carbonyl (C=O) groups excluding carboxylic acids is 2. The van der Waals surface area contributed by atoms with E-state index in [9.17, 15) is 9.59 Å². The molecule has 0 aromatic heterocycles. The average Bonchev–Trinajstić information content (AvgIpc) is 2.95. The number of hydrogen-bond acceptors (Lipinski definition) is 4. The number of ketones is 1. The van der Waals surface area contributed by atoms with E-state index >= 15 is 0 Å². The second-order valence-electron chi connectivity index (χ2n) is 6.42. The first-order valence-corrected chi connectivity index (χ1v) is 7.92. The van der Waals surface area contributed by atoms with Crippen LogP contribution in [-0.4, -0.2) is 29.5 Å². The summed E-state index contributed by atoms with van der Waals surface area (Å²) < 4.78 is 0. The molecule has 118 valence electrons. The Morgan fingerprint density at radius 2 is 2.18 bits per heavy atom. The Labute approximate surface area is 130 Å². The van der Waals surface area contributed by atoms with Gasteiger partial charge in [0.1, 0.15) is 5.78 Å². The molecular formula is C17H22N2O3. The maximum absolute atomic E-state index is 12.3. The van der Waals surface area contributed by atoms with Crippen molar-refractivity contribution in [1.29, 1.82) is 0 Å². The minimum atomic E-state index is -0.492. The molecule has 22 heavy (non-hydrogen) atoms. The largest absolute Gasteiger partial charge is 0.307 e. The SMILES string of the molecule is CCC(=O)[C@H]1NCCC12CCc1ccc(C(=O)NO)cc1C2. The number of hydroxylamine groups is 1. The summed E-state index contributed by atoms with van der Waals surface area (Å²) in [5.74, 6) is -0.210. The highest BCUT2D eigenvalue weighted by Crippen LogP contribution is 2.44. The van der Waals surface area contributed by atoms with Crippen LogP contribution in [0, 0.1) is 5.41 Å². The van der Waals surface area contributed by atoms with Gasteiger partial charge in [-0.25, -0.2) is 5.48 Å². The Balaban J connectivity index is 1.92. The van der Waals surface area contributed by atoms with E-state index in [-0.39, 0.29) is 17.2 Å². The minimum Gasteiger partial charge on any atom is -0.307 e. The molecule has 2 atom stereocenters. The highest BCUT2D eigenvalue weighted by atomic mass is 16.5. The lowest BCUT2D eigenvalue weighted by molar-refractivity contribution is -0.123. The molecule has 0 saturated carbocycles. The van der Waals surface area contributed by atoms with Crippen molar-refractivity contribution in [2.75, 3.05) is 6.54 Å². The number of fused-ring (bicyclic) bond motifs is 1. The third kappa shape index (κ3) is 2.44. The van der Waals surface area contributed by atoms with Gasteiger partial charge in [-0.1, -0.05) is 13.0 Å². The molecule has 1 aromatic rings. The molecular weight excluding hydrogens is 280 g/mol.